The third-order valence-electron chi connectivity index (χ3n) is 5.13. The molecule has 1 saturated carbocycles. The molecular weight excluding hydrogens is 310 g/mol. The normalized spacial score (nSPS) is 21.3. The molecule has 132 valence electrons. The van der Waals surface area contributed by atoms with Gasteiger partial charge in [-0.25, -0.2) is 15.0 Å². The number of hydrogen-bond donors (Lipinski definition) is 1. The van der Waals surface area contributed by atoms with Crippen molar-refractivity contribution >= 4 is 11.8 Å². The Morgan fingerprint density at radius 2 is 1.88 bits per heavy atom. The van der Waals surface area contributed by atoms with Gasteiger partial charge in [-0.1, -0.05) is 6.07 Å². The number of likely N-dealkylation sites (tertiary alicyclic amines) is 1. The van der Waals surface area contributed by atoms with Gasteiger partial charge in [-0.15, -0.1) is 0 Å². The Hall–Kier alpha value is -2.01. The van der Waals surface area contributed by atoms with Gasteiger partial charge in [-0.2, -0.15) is 0 Å². The number of hydrogen-bond acceptors (Lipinski definition) is 5. The number of nitrogens with one attached hydrogen (secondary N) is 1. The number of aromatic nitrogens is 3. The average Bonchev–Trinajstić information content (AvgIpc) is 3.38. The van der Waals surface area contributed by atoms with E-state index < -0.39 is 0 Å². The van der Waals surface area contributed by atoms with Crippen LogP contribution >= 0.6 is 0 Å². The fourth-order valence-electron chi connectivity index (χ4n) is 3.77. The maximum atomic E-state index is 4.86. The van der Waals surface area contributed by atoms with Crippen LogP contribution in [0.5, 0.6) is 0 Å². The Bertz CT molecular complexity index is 720. The first-order valence-electron chi connectivity index (χ1n) is 9.44. The molecule has 2 aliphatic rings. The van der Waals surface area contributed by atoms with Crippen LogP contribution < -0.4 is 5.32 Å². The zero-order valence-electron chi connectivity index (χ0n) is 15.2. The molecule has 5 nitrogen and oxygen atoms in total. The van der Waals surface area contributed by atoms with Crippen molar-refractivity contribution in [3.8, 4) is 0 Å². The van der Waals surface area contributed by atoms with E-state index in [9.17, 15) is 0 Å². The molecule has 0 unspecified atom stereocenters. The quantitative estimate of drug-likeness (QED) is 0.899. The first-order valence-corrected chi connectivity index (χ1v) is 9.44. The van der Waals surface area contributed by atoms with Crippen LogP contribution in [0.4, 0.5) is 11.8 Å². The largest absolute Gasteiger partial charge is 0.309 e. The maximum absolute atomic E-state index is 4.86. The van der Waals surface area contributed by atoms with Crippen molar-refractivity contribution in [3.63, 3.8) is 0 Å². The molecule has 5 heteroatoms. The molecule has 0 amide bonds. The summed E-state index contributed by atoms with van der Waals surface area (Å²) in [4.78, 5) is 16.4. The first kappa shape index (κ1) is 16.5. The van der Waals surface area contributed by atoms with E-state index in [1.54, 1.807) is 0 Å². The van der Waals surface area contributed by atoms with E-state index in [-0.39, 0.29) is 0 Å². The highest BCUT2D eigenvalue weighted by Gasteiger charge is 2.28. The van der Waals surface area contributed by atoms with Crippen molar-refractivity contribution in [1.82, 2.24) is 19.9 Å². The maximum Gasteiger partial charge on any atom is 0.228 e. The van der Waals surface area contributed by atoms with Crippen molar-refractivity contribution in [1.29, 1.82) is 0 Å². The number of rotatable bonds is 5. The lowest BCUT2D eigenvalue weighted by Gasteiger charge is -2.32. The Balaban J connectivity index is 1.46. The molecule has 1 aliphatic carbocycles. The topological polar surface area (TPSA) is 53.9 Å². The minimum absolute atomic E-state index is 0.536. The van der Waals surface area contributed by atoms with Crippen molar-refractivity contribution in [2.75, 3.05) is 25.0 Å². The number of anilines is 2. The highest BCUT2D eigenvalue weighted by atomic mass is 15.2. The number of piperidine rings is 1. The zero-order chi connectivity index (χ0) is 17.2. The van der Waals surface area contributed by atoms with Gasteiger partial charge in [0.05, 0.1) is 0 Å². The van der Waals surface area contributed by atoms with E-state index in [0.29, 0.717) is 11.9 Å². The standard InChI is InChI=1S/C20H27N5/c1-14-11-15(2)22-20(21-14)24-19-7-3-6-18(23-19)17-5-4-10-25(13-17)12-16-8-9-16/h3,6-7,11,16-17H,4-5,8-10,12-13H2,1-2H3,(H,21,22,23,24)/t17-/m1/s1. The molecule has 1 aliphatic heterocycles. The van der Waals surface area contributed by atoms with Gasteiger partial charge in [-0.05, 0) is 70.2 Å². The monoisotopic (exact) mass is 337 g/mol. The average molecular weight is 337 g/mol. The van der Waals surface area contributed by atoms with Gasteiger partial charge in [0.25, 0.3) is 0 Å². The fraction of sp³-hybridized carbons (Fsp3) is 0.550. The number of nitrogens with zero attached hydrogens (tertiary/aromatic N) is 4. The fourth-order valence-corrected chi connectivity index (χ4v) is 3.77. The molecule has 1 N–H and O–H groups in total. The van der Waals surface area contributed by atoms with E-state index in [1.807, 2.05) is 26.0 Å². The molecule has 1 saturated heterocycles. The summed E-state index contributed by atoms with van der Waals surface area (Å²) < 4.78 is 0. The third-order valence-corrected chi connectivity index (χ3v) is 5.13. The van der Waals surface area contributed by atoms with Crippen LogP contribution in [0.3, 0.4) is 0 Å². The summed E-state index contributed by atoms with van der Waals surface area (Å²) >= 11 is 0. The summed E-state index contributed by atoms with van der Waals surface area (Å²) in [5, 5.41) is 3.27. The summed E-state index contributed by atoms with van der Waals surface area (Å²) in [5.74, 6) is 2.96. The molecule has 0 aromatic carbocycles. The van der Waals surface area contributed by atoms with Gasteiger partial charge in [0, 0.05) is 36.1 Å². The Labute approximate surface area is 149 Å². The van der Waals surface area contributed by atoms with Crippen molar-refractivity contribution in [3.05, 3.63) is 41.3 Å². The molecule has 2 fully saturated rings. The second kappa shape index (κ2) is 7.08. The molecule has 0 spiro atoms. The van der Waals surface area contributed by atoms with Crippen LogP contribution in [0.2, 0.25) is 0 Å². The van der Waals surface area contributed by atoms with Crippen LogP contribution in [0.1, 0.15) is 48.7 Å². The lowest BCUT2D eigenvalue weighted by atomic mass is 9.94. The molecule has 2 aromatic heterocycles. The van der Waals surface area contributed by atoms with Crippen molar-refractivity contribution in [2.45, 2.75) is 45.4 Å². The van der Waals surface area contributed by atoms with Crippen LogP contribution in [-0.2, 0) is 0 Å². The lowest BCUT2D eigenvalue weighted by Crippen LogP contribution is -2.36. The lowest BCUT2D eigenvalue weighted by molar-refractivity contribution is 0.199. The van der Waals surface area contributed by atoms with E-state index in [1.165, 1.54) is 44.5 Å². The van der Waals surface area contributed by atoms with E-state index >= 15 is 0 Å². The first-order chi connectivity index (χ1) is 12.2. The number of aryl methyl sites for hydroxylation is 2. The third kappa shape index (κ3) is 4.34. The highest BCUT2D eigenvalue weighted by molar-refractivity contribution is 5.48. The minimum atomic E-state index is 0.536. The van der Waals surface area contributed by atoms with E-state index in [4.69, 9.17) is 4.98 Å². The van der Waals surface area contributed by atoms with Gasteiger partial charge < -0.3 is 10.2 Å². The van der Waals surface area contributed by atoms with Crippen LogP contribution in [-0.4, -0.2) is 39.5 Å². The smallest absolute Gasteiger partial charge is 0.228 e. The molecule has 0 bridgehead atoms. The van der Waals surface area contributed by atoms with Crippen LogP contribution in [0.25, 0.3) is 0 Å². The van der Waals surface area contributed by atoms with Crippen molar-refractivity contribution in [2.24, 2.45) is 5.92 Å². The Kier molecular flexibility index (Phi) is 4.66. The van der Waals surface area contributed by atoms with Gasteiger partial charge in [0.15, 0.2) is 0 Å². The summed E-state index contributed by atoms with van der Waals surface area (Å²) in [6, 6.07) is 8.23. The molecule has 4 rings (SSSR count). The molecule has 2 aromatic rings. The zero-order valence-corrected chi connectivity index (χ0v) is 15.2. The summed E-state index contributed by atoms with van der Waals surface area (Å²) in [7, 11) is 0. The van der Waals surface area contributed by atoms with E-state index in [2.05, 4.69) is 32.3 Å². The van der Waals surface area contributed by atoms with Crippen LogP contribution in [0, 0.1) is 19.8 Å². The SMILES string of the molecule is Cc1cc(C)nc(Nc2cccc([C@@H]3CCCN(CC4CC4)C3)n2)n1. The highest BCUT2D eigenvalue weighted by Crippen LogP contribution is 2.33. The van der Waals surface area contributed by atoms with Gasteiger partial charge in [-0.3, -0.25) is 0 Å². The number of pyridine rings is 1. The predicted octanol–water partition coefficient (Wildman–Crippen LogP) is 3.82. The Morgan fingerprint density at radius 3 is 2.64 bits per heavy atom. The predicted molar refractivity (Wildman–Crippen MR) is 100 cm³/mol. The molecule has 0 radical (unpaired) electrons. The summed E-state index contributed by atoms with van der Waals surface area (Å²) in [6.45, 7) is 7.65. The van der Waals surface area contributed by atoms with E-state index in [0.717, 1.165) is 29.7 Å². The molecule has 1 atom stereocenters. The second-order valence-corrected chi connectivity index (χ2v) is 7.59. The van der Waals surface area contributed by atoms with Gasteiger partial charge >= 0.3 is 0 Å². The molecule has 3 heterocycles. The molecular formula is C20H27N5. The summed E-state index contributed by atoms with van der Waals surface area (Å²) in [5.41, 5.74) is 3.12. The van der Waals surface area contributed by atoms with Gasteiger partial charge in [0.2, 0.25) is 5.95 Å². The van der Waals surface area contributed by atoms with Crippen molar-refractivity contribution < 1.29 is 0 Å². The minimum Gasteiger partial charge on any atom is -0.309 e. The summed E-state index contributed by atoms with van der Waals surface area (Å²) in [6.07, 6.45) is 5.36. The second-order valence-electron chi connectivity index (χ2n) is 7.59. The molecule has 25 heavy (non-hydrogen) atoms. The van der Waals surface area contributed by atoms with Gasteiger partial charge in [0.1, 0.15) is 5.82 Å². The van der Waals surface area contributed by atoms with Crippen LogP contribution in [0.15, 0.2) is 24.3 Å². The Morgan fingerprint density at radius 1 is 1.08 bits per heavy atom.